The second kappa shape index (κ2) is 9.52. The van der Waals surface area contributed by atoms with Gasteiger partial charge in [0.25, 0.3) is 5.91 Å². The van der Waals surface area contributed by atoms with Crippen LogP contribution < -0.4 is 5.32 Å². The van der Waals surface area contributed by atoms with Crippen LogP contribution in [0.4, 0.5) is 0 Å². The Morgan fingerprint density at radius 2 is 2.08 bits per heavy atom. The highest BCUT2D eigenvalue weighted by Crippen LogP contribution is 2.21. The van der Waals surface area contributed by atoms with E-state index in [0.717, 1.165) is 24.2 Å². The van der Waals surface area contributed by atoms with Gasteiger partial charge in [0, 0.05) is 11.4 Å². The van der Waals surface area contributed by atoms with Crippen molar-refractivity contribution in [2.75, 3.05) is 12.8 Å². The summed E-state index contributed by atoms with van der Waals surface area (Å²) in [5, 5.41) is 2.85. The molecule has 0 radical (unpaired) electrons. The number of thioether (sulfide) groups is 1. The molecule has 4 nitrogen and oxygen atoms in total. The molecule has 0 bridgehead atoms. The van der Waals surface area contributed by atoms with Gasteiger partial charge in [0.15, 0.2) is 6.10 Å². The van der Waals surface area contributed by atoms with Gasteiger partial charge in [0.1, 0.15) is 0 Å². The number of amides is 1. The predicted molar refractivity (Wildman–Crippen MR) is 97.3 cm³/mol. The first kappa shape index (κ1) is 18.6. The fourth-order valence-corrected chi connectivity index (χ4v) is 3.30. The molecule has 0 unspecified atom stereocenters. The van der Waals surface area contributed by atoms with Crippen LogP contribution in [0.3, 0.4) is 0 Å². The molecule has 1 N–H and O–H groups in total. The van der Waals surface area contributed by atoms with Crippen LogP contribution in [-0.4, -0.2) is 30.8 Å². The summed E-state index contributed by atoms with van der Waals surface area (Å²) in [4.78, 5) is 25.2. The van der Waals surface area contributed by atoms with Crippen molar-refractivity contribution in [3.63, 3.8) is 0 Å². The molecule has 1 atom stereocenters. The quantitative estimate of drug-likeness (QED) is 0.461. The summed E-state index contributed by atoms with van der Waals surface area (Å²) in [6, 6.07) is 7.25. The van der Waals surface area contributed by atoms with Gasteiger partial charge < -0.3 is 10.1 Å². The van der Waals surface area contributed by atoms with Crippen molar-refractivity contribution in [1.82, 2.24) is 5.32 Å². The van der Waals surface area contributed by atoms with E-state index in [9.17, 15) is 9.59 Å². The Morgan fingerprint density at radius 1 is 1.29 bits per heavy atom. The van der Waals surface area contributed by atoms with Gasteiger partial charge in [-0.3, -0.25) is 4.79 Å². The molecule has 0 fully saturated rings. The fourth-order valence-electron chi connectivity index (χ4n) is 2.71. The monoisotopic (exact) mass is 347 g/mol. The van der Waals surface area contributed by atoms with Gasteiger partial charge in [-0.15, -0.1) is 11.8 Å². The highest BCUT2D eigenvalue weighted by molar-refractivity contribution is 7.98. The topological polar surface area (TPSA) is 55.4 Å². The molecule has 1 aliphatic rings. The molecule has 5 heteroatoms. The van der Waals surface area contributed by atoms with Gasteiger partial charge in [0.2, 0.25) is 0 Å². The Bertz CT molecular complexity index is 612. The first-order valence-electron chi connectivity index (χ1n) is 8.41. The number of allylic oxidation sites excluding steroid dienone is 1. The largest absolute Gasteiger partial charge is 0.449 e. The fraction of sp³-hybridized carbons (Fsp3) is 0.474. The Morgan fingerprint density at radius 3 is 2.79 bits per heavy atom. The lowest BCUT2D eigenvalue weighted by Crippen LogP contribution is -2.36. The molecule has 0 spiro atoms. The summed E-state index contributed by atoms with van der Waals surface area (Å²) in [6.45, 7) is 2.20. The first-order valence-corrected chi connectivity index (χ1v) is 9.64. The summed E-state index contributed by atoms with van der Waals surface area (Å²) in [5.41, 5.74) is 1.91. The normalized spacial score (nSPS) is 15.3. The lowest BCUT2D eigenvalue weighted by atomic mass is 9.97. The number of rotatable bonds is 7. The van der Waals surface area contributed by atoms with Gasteiger partial charge in [-0.25, -0.2) is 4.79 Å². The maximum absolute atomic E-state index is 12.2. The molecule has 1 aliphatic carbocycles. The highest BCUT2D eigenvalue weighted by Gasteiger charge is 2.20. The van der Waals surface area contributed by atoms with E-state index in [0.29, 0.717) is 12.1 Å². The molecule has 130 valence electrons. The van der Waals surface area contributed by atoms with Crippen LogP contribution in [0.1, 0.15) is 49.4 Å². The minimum absolute atomic E-state index is 0.249. The second-order valence-corrected chi connectivity index (χ2v) is 6.75. The molecule has 0 aromatic heterocycles. The molecule has 0 saturated carbocycles. The SMILES string of the molecule is CSc1ccccc1C(=O)O[C@@H](C)C(=O)NCCC1=CCCCC1. The van der Waals surface area contributed by atoms with Crippen molar-refractivity contribution in [1.29, 1.82) is 0 Å². The lowest BCUT2D eigenvalue weighted by molar-refractivity contribution is -0.129. The van der Waals surface area contributed by atoms with E-state index < -0.39 is 12.1 Å². The average molecular weight is 347 g/mol. The smallest absolute Gasteiger partial charge is 0.340 e. The van der Waals surface area contributed by atoms with Crippen LogP contribution in [0, 0.1) is 0 Å². The first-order chi connectivity index (χ1) is 11.6. The van der Waals surface area contributed by atoms with Crippen molar-refractivity contribution in [3.05, 3.63) is 41.5 Å². The Hall–Kier alpha value is -1.75. The molecular formula is C19H25NO3S. The number of carbonyl (C=O) groups excluding carboxylic acids is 2. The van der Waals surface area contributed by atoms with E-state index in [1.807, 2.05) is 18.4 Å². The zero-order valence-electron chi connectivity index (χ0n) is 14.3. The van der Waals surface area contributed by atoms with Gasteiger partial charge in [0.05, 0.1) is 5.56 Å². The standard InChI is InChI=1S/C19H25NO3S/c1-14(18(21)20-13-12-15-8-4-3-5-9-15)23-19(22)16-10-6-7-11-17(16)24-2/h6-8,10-11,14H,3-5,9,12-13H2,1-2H3,(H,20,21)/t14-/m0/s1. The molecule has 0 aliphatic heterocycles. The third-order valence-corrected chi connectivity index (χ3v) is 4.91. The number of ether oxygens (including phenoxy) is 1. The zero-order chi connectivity index (χ0) is 17.4. The third-order valence-electron chi connectivity index (χ3n) is 4.11. The van der Waals surface area contributed by atoms with Crippen LogP contribution in [0.25, 0.3) is 0 Å². The van der Waals surface area contributed by atoms with Crippen molar-refractivity contribution >= 4 is 23.6 Å². The van der Waals surface area contributed by atoms with E-state index in [1.54, 1.807) is 19.1 Å². The minimum atomic E-state index is -0.798. The van der Waals surface area contributed by atoms with E-state index in [4.69, 9.17) is 4.74 Å². The van der Waals surface area contributed by atoms with E-state index in [1.165, 1.54) is 30.2 Å². The minimum Gasteiger partial charge on any atom is -0.449 e. The number of benzene rings is 1. The average Bonchev–Trinajstić information content (AvgIpc) is 2.62. The molecular weight excluding hydrogens is 322 g/mol. The molecule has 1 aromatic carbocycles. The Labute approximate surface area is 148 Å². The summed E-state index contributed by atoms with van der Waals surface area (Å²) in [7, 11) is 0. The van der Waals surface area contributed by atoms with Crippen molar-refractivity contribution in [2.45, 2.75) is 50.0 Å². The number of hydrogen-bond donors (Lipinski definition) is 1. The summed E-state index contributed by atoms with van der Waals surface area (Å²) < 4.78 is 5.30. The van der Waals surface area contributed by atoms with E-state index >= 15 is 0 Å². The van der Waals surface area contributed by atoms with Crippen LogP contribution in [0.5, 0.6) is 0 Å². The third kappa shape index (κ3) is 5.41. The lowest BCUT2D eigenvalue weighted by Gasteiger charge is -2.16. The van der Waals surface area contributed by atoms with E-state index in [2.05, 4.69) is 11.4 Å². The van der Waals surface area contributed by atoms with Gasteiger partial charge in [-0.2, -0.15) is 0 Å². The second-order valence-electron chi connectivity index (χ2n) is 5.90. The predicted octanol–water partition coefficient (Wildman–Crippen LogP) is 3.96. The van der Waals surface area contributed by atoms with Crippen LogP contribution in [-0.2, 0) is 9.53 Å². The van der Waals surface area contributed by atoms with Gasteiger partial charge >= 0.3 is 5.97 Å². The highest BCUT2D eigenvalue weighted by atomic mass is 32.2. The molecule has 0 saturated heterocycles. The van der Waals surface area contributed by atoms with Crippen LogP contribution >= 0.6 is 11.8 Å². The summed E-state index contributed by atoms with van der Waals surface area (Å²) >= 11 is 1.48. The Balaban J connectivity index is 1.80. The molecule has 2 rings (SSSR count). The number of nitrogens with one attached hydrogen (secondary N) is 1. The van der Waals surface area contributed by atoms with Crippen LogP contribution in [0.15, 0.2) is 40.8 Å². The number of esters is 1. The maximum Gasteiger partial charge on any atom is 0.340 e. The molecule has 24 heavy (non-hydrogen) atoms. The zero-order valence-corrected chi connectivity index (χ0v) is 15.2. The van der Waals surface area contributed by atoms with Crippen molar-refractivity contribution in [2.24, 2.45) is 0 Å². The molecule has 1 aromatic rings. The number of carbonyl (C=O) groups is 2. The summed E-state index contributed by atoms with van der Waals surface area (Å²) in [5.74, 6) is -0.709. The summed E-state index contributed by atoms with van der Waals surface area (Å²) in [6.07, 6.45) is 9.04. The maximum atomic E-state index is 12.2. The van der Waals surface area contributed by atoms with Gasteiger partial charge in [-0.1, -0.05) is 23.8 Å². The van der Waals surface area contributed by atoms with Crippen molar-refractivity contribution < 1.29 is 14.3 Å². The van der Waals surface area contributed by atoms with Crippen LogP contribution in [0.2, 0.25) is 0 Å². The van der Waals surface area contributed by atoms with E-state index in [-0.39, 0.29) is 5.91 Å². The Kier molecular flexibility index (Phi) is 7.37. The van der Waals surface area contributed by atoms with Gasteiger partial charge in [-0.05, 0) is 57.4 Å². The molecule has 1 amide bonds. The molecule has 0 heterocycles. The number of hydrogen-bond acceptors (Lipinski definition) is 4. The van der Waals surface area contributed by atoms with Crippen molar-refractivity contribution in [3.8, 4) is 0 Å².